The largest absolute Gasteiger partial charge is 0.376 e. The predicted octanol–water partition coefficient (Wildman–Crippen LogP) is 5.15. The maximum atomic E-state index is 6.15. The fraction of sp³-hybridized carbons (Fsp3) is 0.464. The molecular weight excluding hydrogens is 422 g/mol. The van der Waals surface area contributed by atoms with E-state index in [-0.39, 0.29) is 12.1 Å². The highest BCUT2D eigenvalue weighted by atomic mass is 16.5. The molecule has 178 valence electrons. The molecule has 1 saturated carbocycles. The Kier molecular flexibility index (Phi) is 6.61. The molecule has 0 spiro atoms. The third kappa shape index (κ3) is 4.70. The average Bonchev–Trinajstić information content (AvgIpc) is 3.63. The van der Waals surface area contributed by atoms with E-state index in [0.717, 1.165) is 53.5 Å². The number of pyridine rings is 1. The second-order valence-electron chi connectivity index (χ2n) is 9.68. The van der Waals surface area contributed by atoms with E-state index >= 15 is 0 Å². The summed E-state index contributed by atoms with van der Waals surface area (Å²) in [6, 6.07) is 13.0. The predicted molar refractivity (Wildman–Crippen MR) is 136 cm³/mol. The van der Waals surface area contributed by atoms with Crippen LogP contribution in [-0.2, 0) is 24.1 Å². The van der Waals surface area contributed by atoms with Crippen LogP contribution in [0.15, 0.2) is 42.6 Å². The average molecular weight is 458 g/mol. The van der Waals surface area contributed by atoms with E-state index in [1.807, 2.05) is 6.20 Å². The second kappa shape index (κ2) is 9.80. The Morgan fingerprint density at radius 2 is 1.88 bits per heavy atom. The molecule has 2 aliphatic rings. The van der Waals surface area contributed by atoms with E-state index < -0.39 is 0 Å². The van der Waals surface area contributed by atoms with Gasteiger partial charge in [0.2, 0.25) is 0 Å². The molecule has 6 nitrogen and oxygen atoms in total. The Morgan fingerprint density at radius 3 is 2.56 bits per heavy atom. The van der Waals surface area contributed by atoms with E-state index in [0.29, 0.717) is 12.5 Å². The summed E-state index contributed by atoms with van der Waals surface area (Å²) in [7, 11) is 4.12. The SMILES string of the molecule is CCO[C@H]1Cc2ccccc2[C@H]1Nc1nc(CC)c(-c2ccc(CN(C)C)nc2)nc1C1CC1. The molecule has 0 bridgehead atoms. The summed E-state index contributed by atoms with van der Waals surface area (Å²) in [5, 5.41) is 3.79. The zero-order valence-corrected chi connectivity index (χ0v) is 20.7. The van der Waals surface area contributed by atoms with Crippen LogP contribution in [0.1, 0.15) is 66.9 Å². The first-order chi connectivity index (χ1) is 16.6. The number of aromatic nitrogens is 3. The van der Waals surface area contributed by atoms with Gasteiger partial charge < -0.3 is 15.0 Å². The quantitative estimate of drug-likeness (QED) is 0.479. The van der Waals surface area contributed by atoms with Crippen LogP contribution in [0.5, 0.6) is 0 Å². The van der Waals surface area contributed by atoms with Gasteiger partial charge >= 0.3 is 0 Å². The molecular formula is C28H35N5O. The van der Waals surface area contributed by atoms with Crippen molar-refractivity contribution in [1.29, 1.82) is 0 Å². The molecule has 3 aromatic rings. The number of nitrogens with zero attached hydrogens (tertiary/aromatic N) is 4. The van der Waals surface area contributed by atoms with Crippen molar-refractivity contribution >= 4 is 5.82 Å². The topological polar surface area (TPSA) is 63.2 Å². The number of nitrogens with one attached hydrogen (secondary N) is 1. The van der Waals surface area contributed by atoms with Gasteiger partial charge in [0.1, 0.15) is 5.82 Å². The highest BCUT2D eigenvalue weighted by molar-refractivity contribution is 5.64. The van der Waals surface area contributed by atoms with Gasteiger partial charge in [-0.1, -0.05) is 31.2 Å². The zero-order valence-electron chi connectivity index (χ0n) is 20.7. The maximum Gasteiger partial charge on any atom is 0.148 e. The molecule has 2 aliphatic carbocycles. The van der Waals surface area contributed by atoms with E-state index in [1.165, 1.54) is 24.0 Å². The fourth-order valence-electron chi connectivity index (χ4n) is 4.94. The van der Waals surface area contributed by atoms with Crippen LogP contribution in [0, 0.1) is 0 Å². The Labute approximate surface area is 202 Å². The number of ether oxygens (including phenoxy) is 1. The highest BCUT2D eigenvalue weighted by Gasteiger charge is 2.36. The number of benzene rings is 1. The molecule has 1 N–H and O–H groups in total. The van der Waals surface area contributed by atoms with Crippen molar-refractivity contribution in [3.63, 3.8) is 0 Å². The van der Waals surface area contributed by atoms with Crippen molar-refractivity contribution < 1.29 is 4.74 Å². The monoisotopic (exact) mass is 457 g/mol. The summed E-state index contributed by atoms with van der Waals surface area (Å²) in [6.07, 6.45) is 6.14. The summed E-state index contributed by atoms with van der Waals surface area (Å²) in [4.78, 5) is 17.2. The normalized spacial score (nSPS) is 19.4. The first-order valence-electron chi connectivity index (χ1n) is 12.5. The second-order valence-corrected chi connectivity index (χ2v) is 9.68. The Hall–Kier alpha value is -2.83. The van der Waals surface area contributed by atoms with E-state index in [2.05, 4.69) is 79.5 Å². The van der Waals surface area contributed by atoms with Gasteiger partial charge in [0, 0.05) is 37.3 Å². The van der Waals surface area contributed by atoms with Gasteiger partial charge in [0.25, 0.3) is 0 Å². The summed E-state index contributed by atoms with van der Waals surface area (Å²) in [5.74, 6) is 1.40. The Morgan fingerprint density at radius 1 is 1.06 bits per heavy atom. The molecule has 34 heavy (non-hydrogen) atoms. The van der Waals surface area contributed by atoms with Crippen LogP contribution in [0.4, 0.5) is 5.82 Å². The molecule has 0 unspecified atom stereocenters. The van der Waals surface area contributed by atoms with E-state index in [1.54, 1.807) is 0 Å². The number of hydrogen-bond acceptors (Lipinski definition) is 6. The molecule has 5 rings (SSSR count). The standard InChI is InChI=1S/C28H35N5O/c1-5-23-25(20-13-14-21(29-16-20)17-33(3)4)31-26(18-11-12-18)28(30-23)32-27-22-10-8-7-9-19(22)15-24(27)34-6-2/h7-10,13-14,16,18,24,27H,5-6,11-12,15,17H2,1-4H3,(H,30,32)/t24-,27+/m0/s1. The molecule has 0 radical (unpaired) electrons. The maximum absolute atomic E-state index is 6.15. The third-order valence-electron chi connectivity index (χ3n) is 6.73. The molecule has 0 aliphatic heterocycles. The first-order valence-corrected chi connectivity index (χ1v) is 12.5. The van der Waals surface area contributed by atoms with Gasteiger partial charge in [0.05, 0.1) is 34.9 Å². The van der Waals surface area contributed by atoms with Crippen LogP contribution in [0.2, 0.25) is 0 Å². The summed E-state index contributed by atoms with van der Waals surface area (Å²) >= 11 is 0. The minimum atomic E-state index is 0.0884. The first kappa shape index (κ1) is 22.9. The molecule has 0 saturated heterocycles. The fourth-order valence-corrected chi connectivity index (χ4v) is 4.94. The van der Waals surface area contributed by atoms with Gasteiger partial charge in [-0.25, -0.2) is 9.97 Å². The lowest BCUT2D eigenvalue weighted by molar-refractivity contribution is 0.0573. The number of anilines is 1. The summed E-state index contributed by atoms with van der Waals surface area (Å²) in [6.45, 7) is 5.74. The number of fused-ring (bicyclic) bond motifs is 1. The van der Waals surface area contributed by atoms with Gasteiger partial charge in [-0.2, -0.15) is 0 Å². The van der Waals surface area contributed by atoms with Crippen molar-refractivity contribution in [2.24, 2.45) is 0 Å². The van der Waals surface area contributed by atoms with Crippen LogP contribution in [0.3, 0.4) is 0 Å². The van der Waals surface area contributed by atoms with Crippen molar-refractivity contribution in [2.45, 2.75) is 64.1 Å². The lowest BCUT2D eigenvalue weighted by atomic mass is 10.1. The smallest absolute Gasteiger partial charge is 0.148 e. The lowest BCUT2D eigenvalue weighted by Crippen LogP contribution is -2.26. The molecule has 2 heterocycles. The third-order valence-corrected chi connectivity index (χ3v) is 6.73. The lowest BCUT2D eigenvalue weighted by Gasteiger charge is -2.24. The molecule has 1 aromatic carbocycles. The van der Waals surface area contributed by atoms with Gasteiger partial charge in [-0.15, -0.1) is 0 Å². The number of aryl methyl sites for hydroxylation is 1. The van der Waals surface area contributed by atoms with E-state index in [9.17, 15) is 0 Å². The van der Waals surface area contributed by atoms with Crippen LogP contribution in [-0.4, -0.2) is 46.7 Å². The van der Waals surface area contributed by atoms with Crippen LogP contribution < -0.4 is 5.32 Å². The van der Waals surface area contributed by atoms with Crippen molar-refractivity contribution in [3.05, 3.63) is 70.8 Å². The van der Waals surface area contributed by atoms with Crippen molar-refractivity contribution in [1.82, 2.24) is 19.9 Å². The molecule has 1 fully saturated rings. The minimum absolute atomic E-state index is 0.0884. The minimum Gasteiger partial charge on any atom is -0.376 e. The van der Waals surface area contributed by atoms with Crippen molar-refractivity contribution in [2.75, 3.05) is 26.0 Å². The highest BCUT2D eigenvalue weighted by Crippen LogP contribution is 2.45. The van der Waals surface area contributed by atoms with Gasteiger partial charge in [-0.05, 0) is 63.5 Å². The van der Waals surface area contributed by atoms with Gasteiger partial charge in [0.15, 0.2) is 0 Å². The number of rotatable bonds is 9. The summed E-state index contributed by atoms with van der Waals surface area (Å²) < 4.78 is 6.15. The molecule has 2 atom stereocenters. The van der Waals surface area contributed by atoms with E-state index in [4.69, 9.17) is 14.7 Å². The number of hydrogen-bond donors (Lipinski definition) is 1. The molecule has 6 heteroatoms. The van der Waals surface area contributed by atoms with Gasteiger partial charge in [-0.3, -0.25) is 4.98 Å². The van der Waals surface area contributed by atoms with Crippen LogP contribution >= 0.6 is 0 Å². The summed E-state index contributed by atoms with van der Waals surface area (Å²) in [5.41, 5.74) is 7.83. The Balaban J connectivity index is 1.50. The molecule has 2 aromatic heterocycles. The zero-order chi connectivity index (χ0) is 23.7. The molecule has 0 amide bonds. The van der Waals surface area contributed by atoms with Crippen LogP contribution in [0.25, 0.3) is 11.3 Å². The van der Waals surface area contributed by atoms with Crippen molar-refractivity contribution in [3.8, 4) is 11.3 Å². The Bertz CT molecular complexity index is 1140.